The number of phenolic OH excluding ortho intramolecular Hbond substituents is 2. The Labute approximate surface area is 679 Å². The van der Waals surface area contributed by atoms with Crippen molar-refractivity contribution in [1.82, 2.24) is 77.7 Å². The fourth-order valence-electron chi connectivity index (χ4n) is 14.4. The number of phenols is 2. The van der Waals surface area contributed by atoms with Gasteiger partial charge in [-0.05, 0) is 140 Å². The molecule has 5 unspecified atom stereocenters. The Bertz CT molecular complexity index is 5370. The van der Waals surface area contributed by atoms with Crippen molar-refractivity contribution in [3.05, 3.63) is 173 Å². The number of aliphatic hydroxyl groups is 1. The van der Waals surface area contributed by atoms with Gasteiger partial charge in [-0.25, -0.2) is 24.0 Å². The standard InChI is InChI=1S/C19H17N3O5.C17H16ClN3O5.C14H14ClN3O4.C14H15N3O4.C13H12ClN3O4/c1-27-14-6-7-15-11(8-14)9-22(16(15)24)10-19(17(25)20-18(26)21-19)12-2-4-13(23)5-3-12;1-17(15(24)19-16(25)20-17)9-21-8-10-6-13(26-5-3-2-4-22)12(18)7-11(10)14(21)23;1-14(12(20)16-13(21)17-14)6-18-5-7-3-10(22-2)9(15)4-8(7)11(18)19;1-14(12(19)15-13(20)16-14)7-17-6-8-3-4-9(21-2)5-10(8)11(17)18;1-13(11(20)15-12(21)16-13)5-17-4-6-2-9(18)8(14)3-7(6)10(17)19/h2-8,23H,9-10H2,1H3,(H2,20,21,25,26);6-7,22H,4-5,8-9H2,1H3,(H2,19,20,24,25);3-4H,5-6H2,1-2H3,(H2,16,17,20,21);3-5H,6-7H2,1-2H3,(H2,15,16,19,20);2-3,18H,4-5H2,1H3,(H2,15,16,20,21). The molecule has 10 aliphatic heterocycles. The number of urea groups is 5. The smallest absolute Gasteiger partial charge is 0.322 e. The van der Waals surface area contributed by atoms with E-state index in [0.29, 0.717) is 92.2 Å². The lowest BCUT2D eigenvalue weighted by atomic mass is 9.89. The van der Waals surface area contributed by atoms with Crippen LogP contribution in [0.25, 0.3) is 0 Å². The third-order valence-electron chi connectivity index (χ3n) is 20.5. The van der Waals surface area contributed by atoms with E-state index in [9.17, 15) is 82.1 Å². The van der Waals surface area contributed by atoms with Crippen LogP contribution in [0.2, 0.25) is 15.1 Å². The predicted octanol–water partition coefficient (Wildman–Crippen LogP) is 3.11. The Morgan fingerprint density at radius 2 is 0.735 bits per heavy atom. The van der Waals surface area contributed by atoms with E-state index >= 15 is 0 Å². The van der Waals surface area contributed by atoms with Gasteiger partial charge in [0.2, 0.25) is 0 Å². The number of hydrogen-bond acceptors (Lipinski definition) is 22. The predicted molar refractivity (Wildman–Crippen MR) is 409 cm³/mol. The van der Waals surface area contributed by atoms with Crippen molar-refractivity contribution >= 4 is 124 Å². The zero-order valence-corrected chi connectivity index (χ0v) is 65.5. The normalized spacial score (nSPS) is 22.6. The number of carbonyl (C=O) groups is 15. The van der Waals surface area contributed by atoms with Crippen LogP contribution in [-0.4, -0.2) is 218 Å². The zero-order valence-electron chi connectivity index (χ0n) is 63.2. The first kappa shape index (κ1) is 83.0. The summed E-state index contributed by atoms with van der Waals surface area (Å²) in [6, 6.07) is 22.9. The molecule has 6 aromatic rings. The number of nitrogens with one attached hydrogen (secondary N) is 10. The van der Waals surface area contributed by atoms with Gasteiger partial charge >= 0.3 is 30.2 Å². The summed E-state index contributed by atoms with van der Waals surface area (Å²) in [5.41, 5.74) is 0.690. The number of fused-ring (bicyclic) bond motifs is 5. The second-order valence-electron chi connectivity index (χ2n) is 29.0. The highest BCUT2D eigenvalue weighted by Gasteiger charge is 2.53. The second kappa shape index (κ2) is 32.4. The third kappa shape index (κ3) is 16.8. The summed E-state index contributed by atoms with van der Waals surface area (Å²) in [4.78, 5) is 187. The molecular formula is C77H74Cl3N15O22. The van der Waals surface area contributed by atoms with Crippen LogP contribution in [0.5, 0.6) is 34.5 Å². The highest BCUT2D eigenvalue weighted by atomic mass is 35.5. The van der Waals surface area contributed by atoms with Gasteiger partial charge in [0.25, 0.3) is 59.1 Å². The number of imide groups is 5. The average molecular weight is 1670 g/mol. The van der Waals surface area contributed by atoms with Gasteiger partial charge < -0.3 is 85.4 Å². The molecule has 117 heavy (non-hydrogen) atoms. The molecule has 5 saturated heterocycles. The molecule has 0 aromatic heterocycles. The Morgan fingerprint density at radius 3 is 1.15 bits per heavy atom. The van der Waals surface area contributed by atoms with E-state index in [1.165, 1.54) is 57.0 Å². The molecular weight excluding hydrogens is 1590 g/mol. The van der Waals surface area contributed by atoms with Crippen LogP contribution < -0.4 is 72.1 Å². The summed E-state index contributed by atoms with van der Waals surface area (Å²) in [6.07, 6.45) is 0. The maximum Gasteiger partial charge on any atom is 0.322 e. The number of aliphatic hydroxyl groups excluding tert-OH is 1. The molecule has 20 amide bonds. The van der Waals surface area contributed by atoms with Crippen molar-refractivity contribution in [1.29, 1.82) is 0 Å². The molecule has 16 rings (SSSR count). The fraction of sp³-hybridized carbons (Fsp3) is 0.312. The van der Waals surface area contributed by atoms with E-state index in [0.717, 1.165) is 16.7 Å². The van der Waals surface area contributed by atoms with Gasteiger partial charge in [0.1, 0.15) is 69.9 Å². The molecule has 10 aliphatic rings. The van der Waals surface area contributed by atoms with Crippen LogP contribution in [0.3, 0.4) is 0 Å². The van der Waals surface area contributed by atoms with E-state index in [-0.39, 0.29) is 110 Å². The molecule has 0 saturated carbocycles. The summed E-state index contributed by atoms with van der Waals surface area (Å²) in [7, 11) is 4.59. The zero-order chi connectivity index (χ0) is 84.7. The van der Waals surface area contributed by atoms with E-state index < -0.39 is 87.4 Å². The molecule has 37 nitrogen and oxygen atoms in total. The topological polar surface area (TPSA) is 490 Å². The molecule has 13 N–H and O–H groups in total. The van der Waals surface area contributed by atoms with E-state index in [4.69, 9.17) is 58.9 Å². The van der Waals surface area contributed by atoms with Gasteiger partial charge in [-0.2, -0.15) is 0 Å². The summed E-state index contributed by atoms with van der Waals surface area (Å²) in [5.74, 6) is 3.60. The third-order valence-corrected chi connectivity index (χ3v) is 21.4. The van der Waals surface area contributed by atoms with Gasteiger partial charge in [-0.1, -0.05) is 64.8 Å². The molecule has 5 fully saturated rings. The van der Waals surface area contributed by atoms with Gasteiger partial charge in [0, 0.05) is 60.5 Å². The Kier molecular flexibility index (Phi) is 23.0. The lowest BCUT2D eigenvalue weighted by molar-refractivity contribution is -0.125. The molecule has 10 heterocycles. The number of halogens is 3. The van der Waals surface area contributed by atoms with E-state index in [1.807, 2.05) is 6.07 Å². The molecule has 0 bridgehead atoms. The van der Waals surface area contributed by atoms with Gasteiger partial charge in [-0.15, -0.1) is 0 Å². The molecule has 6 aromatic carbocycles. The highest BCUT2D eigenvalue weighted by Crippen LogP contribution is 2.39. The fourth-order valence-corrected chi connectivity index (χ4v) is 15.1. The van der Waals surface area contributed by atoms with Crippen molar-refractivity contribution in [2.75, 3.05) is 67.3 Å². The van der Waals surface area contributed by atoms with Crippen molar-refractivity contribution < 1.29 is 106 Å². The Morgan fingerprint density at radius 1 is 0.376 bits per heavy atom. The maximum atomic E-state index is 12.8. The number of benzene rings is 6. The second-order valence-corrected chi connectivity index (χ2v) is 30.2. The number of methoxy groups -OCH3 is 3. The lowest BCUT2D eigenvalue weighted by Crippen LogP contribution is -2.52. The Hall–Kier alpha value is -13.4. The van der Waals surface area contributed by atoms with Gasteiger partial charge in [0.05, 0.1) is 69.1 Å². The molecule has 0 radical (unpaired) electrons. The first-order valence-corrected chi connectivity index (χ1v) is 36.6. The first-order valence-electron chi connectivity index (χ1n) is 35.5. The van der Waals surface area contributed by atoms with Crippen LogP contribution in [-0.2, 0) is 62.2 Å². The van der Waals surface area contributed by atoms with Crippen LogP contribution in [0.1, 0.15) is 113 Å². The SMILES string of the molecule is CC1(CN2Cc3cc(O)c(Cl)cc3C2=O)NC(=O)NC1=O.CC1(CN2Cc3cc(OCC#CCO)c(Cl)cc3C2=O)NC(=O)NC1=O.COc1cc2c(cc1Cl)C(=O)N(CC1(C)NC(=O)NC1=O)C2.COc1ccc2c(c1)C(=O)N(CC1(C)NC(=O)NC1=O)C2.COc1ccc2c(c1)CN(CC1(c3ccc(O)cc3)NC(=O)NC1=O)C2=O. The molecule has 5 atom stereocenters. The van der Waals surface area contributed by atoms with Gasteiger partial charge in [0.15, 0.2) is 5.54 Å². The van der Waals surface area contributed by atoms with Crippen LogP contribution >= 0.6 is 34.8 Å². The Balaban J connectivity index is 0.000000135. The summed E-state index contributed by atoms with van der Waals surface area (Å²) in [6.45, 7) is 7.90. The number of carbonyl (C=O) groups excluding carboxylic acids is 15. The van der Waals surface area contributed by atoms with Crippen molar-refractivity contribution in [3.8, 4) is 46.3 Å². The minimum atomic E-state index is -1.42. The number of rotatable bonds is 16. The number of ether oxygens (including phenoxy) is 4. The monoisotopic (exact) mass is 1670 g/mol. The number of nitrogens with zero attached hydrogens (tertiary/aromatic N) is 5. The summed E-state index contributed by atoms with van der Waals surface area (Å²) < 4.78 is 20.9. The summed E-state index contributed by atoms with van der Waals surface area (Å²) >= 11 is 18.0. The van der Waals surface area contributed by atoms with Crippen molar-refractivity contribution in [3.63, 3.8) is 0 Å². The number of aromatic hydroxyl groups is 2. The first-order chi connectivity index (χ1) is 55.3. The van der Waals surface area contributed by atoms with Crippen LogP contribution in [0.15, 0.2) is 97.1 Å². The average Bonchev–Trinajstić information content (AvgIpc) is 1.63. The van der Waals surface area contributed by atoms with E-state index in [1.54, 1.807) is 107 Å². The van der Waals surface area contributed by atoms with Crippen molar-refractivity contribution in [2.24, 2.45) is 0 Å². The minimum Gasteiger partial charge on any atom is -0.508 e. The summed E-state index contributed by atoms with van der Waals surface area (Å²) in [5, 5.41) is 52.2. The van der Waals surface area contributed by atoms with Crippen LogP contribution in [0, 0.1) is 11.8 Å². The van der Waals surface area contributed by atoms with E-state index in [2.05, 4.69) is 65.0 Å². The lowest BCUT2D eigenvalue weighted by Gasteiger charge is -2.31. The molecule has 610 valence electrons. The molecule has 0 aliphatic carbocycles. The minimum absolute atomic E-state index is 0.0356. The largest absolute Gasteiger partial charge is 0.508 e. The highest BCUT2D eigenvalue weighted by molar-refractivity contribution is 6.33. The molecule has 0 spiro atoms. The quantitative estimate of drug-likeness (QED) is 0.0489. The van der Waals surface area contributed by atoms with Crippen LogP contribution in [0.4, 0.5) is 24.0 Å². The maximum absolute atomic E-state index is 12.8. The van der Waals surface area contributed by atoms with Gasteiger partial charge in [-0.3, -0.25) is 74.5 Å². The number of amides is 20. The molecule has 40 heteroatoms. The number of hydrogen-bond donors (Lipinski definition) is 13. The van der Waals surface area contributed by atoms with Crippen molar-refractivity contribution in [2.45, 2.75) is 88.1 Å².